The number of para-hydroxylation sites is 1. The van der Waals surface area contributed by atoms with Gasteiger partial charge in [-0.2, -0.15) is 0 Å². The third-order valence-corrected chi connectivity index (χ3v) is 2.51. The molecule has 0 saturated heterocycles. The highest BCUT2D eigenvalue weighted by atomic mass is 16.5. The van der Waals surface area contributed by atoms with Gasteiger partial charge in [0.15, 0.2) is 0 Å². The molecule has 0 N–H and O–H groups in total. The van der Waals surface area contributed by atoms with E-state index in [1.807, 2.05) is 0 Å². The van der Waals surface area contributed by atoms with Crippen LogP contribution in [0.4, 0.5) is 0 Å². The summed E-state index contributed by atoms with van der Waals surface area (Å²) in [6.45, 7) is 11.7. The minimum Gasteiger partial charge on any atom is -0.493 e. The van der Waals surface area contributed by atoms with E-state index in [0.29, 0.717) is 5.41 Å². The van der Waals surface area contributed by atoms with Crippen molar-refractivity contribution >= 4 is 0 Å². The lowest BCUT2D eigenvalue weighted by atomic mass is 9.93. The maximum Gasteiger partial charge on any atom is 0.125 e. The third-order valence-electron chi connectivity index (χ3n) is 2.51. The van der Waals surface area contributed by atoms with Crippen LogP contribution in [0, 0.1) is 19.3 Å². The van der Waals surface area contributed by atoms with E-state index in [1.165, 1.54) is 11.1 Å². The van der Waals surface area contributed by atoms with Crippen LogP contribution >= 0.6 is 0 Å². The summed E-state index contributed by atoms with van der Waals surface area (Å²) in [6.07, 6.45) is 1.08. The molecule has 1 heteroatoms. The number of hydrogen-bond acceptors (Lipinski definition) is 1. The zero-order valence-electron chi connectivity index (χ0n) is 10.6. The monoisotopic (exact) mass is 206 g/mol. The second-order valence-corrected chi connectivity index (χ2v) is 5.38. The Hall–Kier alpha value is -0.980. The van der Waals surface area contributed by atoms with Gasteiger partial charge in [-0.1, -0.05) is 39.0 Å². The van der Waals surface area contributed by atoms with Crippen molar-refractivity contribution in [3.8, 4) is 5.75 Å². The van der Waals surface area contributed by atoms with Crippen molar-refractivity contribution in [1.82, 2.24) is 0 Å². The summed E-state index contributed by atoms with van der Waals surface area (Å²) in [5, 5.41) is 0. The Morgan fingerprint density at radius 2 is 1.60 bits per heavy atom. The minimum absolute atomic E-state index is 0.344. The molecule has 0 aromatic heterocycles. The SMILES string of the molecule is Cc1cccc(C)c1OCCC(C)(C)C. The summed E-state index contributed by atoms with van der Waals surface area (Å²) in [7, 11) is 0. The molecule has 84 valence electrons. The first kappa shape index (κ1) is 12.1. The molecule has 0 unspecified atom stereocenters. The molecule has 0 aliphatic heterocycles. The molecule has 0 bridgehead atoms. The second kappa shape index (κ2) is 4.69. The molecule has 0 aliphatic rings. The maximum absolute atomic E-state index is 5.84. The van der Waals surface area contributed by atoms with Gasteiger partial charge in [0.1, 0.15) is 5.75 Å². The van der Waals surface area contributed by atoms with Crippen molar-refractivity contribution in [1.29, 1.82) is 0 Å². The predicted molar refractivity (Wildman–Crippen MR) is 65.5 cm³/mol. The Morgan fingerprint density at radius 1 is 1.07 bits per heavy atom. The topological polar surface area (TPSA) is 9.23 Å². The molecular weight excluding hydrogens is 184 g/mol. The summed E-state index contributed by atoms with van der Waals surface area (Å²) in [4.78, 5) is 0. The van der Waals surface area contributed by atoms with Crippen LogP contribution in [0.5, 0.6) is 5.75 Å². The van der Waals surface area contributed by atoms with Crippen LogP contribution in [-0.4, -0.2) is 6.61 Å². The second-order valence-electron chi connectivity index (χ2n) is 5.38. The van der Waals surface area contributed by atoms with Gasteiger partial charge >= 0.3 is 0 Å². The normalized spacial score (nSPS) is 11.5. The van der Waals surface area contributed by atoms with Crippen LogP contribution in [0.2, 0.25) is 0 Å². The number of ether oxygens (including phenoxy) is 1. The van der Waals surface area contributed by atoms with E-state index in [0.717, 1.165) is 18.8 Å². The van der Waals surface area contributed by atoms with Crippen molar-refractivity contribution < 1.29 is 4.74 Å². The van der Waals surface area contributed by atoms with Crippen molar-refractivity contribution in [3.05, 3.63) is 29.3 Å². The predicted octanol–water partition coefficient (Wildman–Crippen LogP) is 4.12. The Kier molecular flexibility index (Phi) is 3.78. The first-order valence-electron chi connectivity index (χ1n) is 5.59. The van der Waals surface area contributed by atoms with Crippen LogP contribution < -0.4 is 4.74 Å². The maximum atomic E-state index is 5.84. The fourth-order valence-electron chi connectivity index (χ4n) is 1.49. The number of aryl methyl sites for hydroxylation is 2. The lowest BCUT2D eigenvalue weighted by Crippen LogP contribution is -2.11. The van der Waals surface area contributed by atoms with Gasteiger partial charge in [-0.25, -0.2) is 0 Å². The number of benzene rings is 1. The quantitative estimate of drug-likeness (QED) is 0.723. The van der Waals surface area contributed by atoms with Crippen LogP contribution in [0.15, 0.2) is 18.2 Å². The number of hydrogen-bond donors (Lipinski definition) is 0. The van der Waals surface area contributed by atoms with Crippen molar-refractivity contribution in [3.63, 3.8) is 0 Å². The van der Waals surface area contributed by atoms with Gasteiger partial charge in [0.2, 0.25) is 0 Å². The zero-order chi connectivity index (χ0) is 11.5. The fourth-order valence-corrected chi connectivity index (χ4v) is 1.49. The molecule has 15 heavy (non-hydrogen) atoms. The first-order valence-corrected chi connectivity index (χ1v) is 5.59. The Balaban J connectivity index is 2.58. The van der Waals surface area contributed by atoms with Gasteiger partial charge in [0.25, 0.3) is 0 Å². The summed E-state index contributed by atoms with van der Waals surface area (Å²) in [5.41, 5.74) is 2.80. The van der Waals surface area contributed by atoms with Crippen LogP contribution in [0.1, 0.15) is 38.3 Å². The van der Waals surface area contributed by atoms with Crippen molar-refractivity contribution in [2.45, 2.75) is 41.0 Å². The van der Waals surface area contributed by atoms with Crippen LogP contribution in [0.3, 0.4) is 0 Å². The highest BCUT2D eigenvalue weighted by molar-refractivity contribution is 5.39. The Labute approximate surface area is 93.5 Å². The van der Waals surface area contributed by atoms with Gasteiger partial charge in [0, 0.05) is 0 Å². The average Bonchev–Trinajstić information content (AvgIpc) is 2.08. The molecule has 0 spiro atoms. The molecule has 0 heterocycles. The van der Waals surface area contributed by atoms with E-state index >= 15 is 0 Å². The highest BCUT2D eigenvalue weighted by Gasteiger charge is 2.11. The van der Waals surface area contributed by atoms with E-state index in [-0.39, 0.29) is 0 Å². The average molecular weight is 206 g/mol. The third kappa shape index (κ3) is 3.94. The van der Waals surface area contributed by atoms with Gasteiger partial charge in [-0.15, -0.1) is 0 Å². The standard InChI is InChI=1S/C14H22O/c1-11-7-6-8-12(2)13(11)15-10-9-14(3,4)5/h6-8H,9-10H2,1-5H3. The molecule has 0 atom stereocenters. The van der Waals surface area contributed by atoms with Crippen LogP contribution in [-0.2, 0) is 0 Å². The molecule has 0 amide bonds. The minimum atomic E-state index is 0.344. The number of rotatable bonds is 3. The summed E-state index contributed by atoms with van der Waals surface area (Å²) >= 11 is 0. The highest BCUT2D eigenvalue weighted by Crippen LogP contribution is 2.24. The van der Waals surface area contributed by atoms with E-state index in [4.69, 9.17) is 4.74 Å². The van der Waals surface area contributed by atoms with Crippen molar-refractivity contribution in [2.75, 3.05) is 6.61 Å². The summed E-state index contributed by atoms with van der Waals surface area (Å²) < 4.78 is 5.84. The lowest BCUT2D eigenvalue weighted by molar-refractivity contribution is 0.241. The molecule has 0 aliphatic carbocycles. The molecule has 1 aromatic rings. The smallest absolute Gasteiger partial charge is 0.125 e. The van der Waals surface area contributed by atoms with E-state index in [2.05, 4.69) is 52.8 Å². The van der Waals surface area contributed by atoms with Crippen molar-refractivity contribution in [2.24, 2.45) is 5.41 Å². The van der Waals surface area contributed by atoms with E-state index in [9.17, 15) is 0 Å². The lowest BCUT2D eigenvalue weighted by Gasteiger charge is -2.19. The van der Waals surface area contributed by atoms with Gasteiger partial charge < -0.3 is 4.74 Å². The molecule has 1 rings (SSSR count). The zero-order valence-corrected chi connectivity index (χ0v) is 10.6. The summed E-state index contributed by atoms with van der Waals surface area (Å²) in [6, 6.07) is 6.26. The van der Waals surface area contributed by atoms with Gasteiger partial charge in [-0.05, 0) is 36.8 Å². The molecular formula is C14H22O. The van der Waals surface area contributed by atoms with E-state index < -0.39 is 0 Å². The molecule has 0 radical (unpaired) electrons. The molecule has 1 nitrogen and oxygen atoms in total. The summed E-state index contributed by atoms with van der Waals surface area (Å²) in [5.74, 6) is 1.06. The molecule has 1 aromatic carbocycles. The Bertz CT molecular complexity index is 300. The first-order chi connectivity index (χ1) is 6.90. The van der Waals surface area contributed by atoms with Gasteiger partial charge in [-0.3, -0.25) is 0 Å². The van der Waals surface area contributed by atoms with E-state index in [1.54, 1.807) is 0 Å². The molecule has 0 saturated carbocycles. The fraction of sp³-hybridized carbons (Fsp3) is 0.571. The Morgan fingerprint density at radius 3 is 2.07 bits per heavy atom. The van der Waals surface area contributed by atoms with Crippen LogP contribution in [0.25, 0.3) is 0 Å². The largest absolute Gasteiger partial charge is 0.493 e. The molecule has 0 fully saturated rings. The van der Waals surface area contributed by atoms with Gasteiger partial charge in [0.05, 0.1) is 6.61 Å².